The van der Waals surface area contributed by atoms with Crippen LogP contribution in [0.1, 0.15) is 41.9 Å². The second-order valence-electron chi connectivity index (χ2n) is 6.62. The van der Waals surface area contributed by atoms with E-state index in [0.29, 0.717) is 27.9 Å². The number of halogens is 2. The summed E-state index contributed by atoms with van der Waals surface area (Å²) < 4.78 is 1.68. The smallest absolute Gasteiger partial charge is 0.222 e. The van der Waals surface area contributed by atoms with Gasteiger partial charge in [-0.15, -0.1) is 5.10 Å². The fraction of sp³-hybridized carbons (Fsp3) is 0.300. The van der Waals surface area contributed by atoms with Crippen LogP contribution >= 0.6 is 23.2 Å². The van der Waals surface area contributed by atoms with Crippen LogP contribution in [0, 0.1) is 13.8 Å². The topological polar surface area (TPSA) is 63.9 Å². The number of para-hydroxylation sites is 1. The van der Waals surface area contributed by atoms with Crippen molar-refractivity contribution in [1.82, 2.24) is 25.1 Å². The fourth-order valence-corrected chi connectivity index (χ4v) is 3.81. The maximum Gasteiger partial charge on any atom is 0.222 e. The SMILES string of the molecule is CCC(=O)N(C)[C@@H](c1ccc(Cl)cc1Cl)c1nnnn1-c1c(C)cccc1C. The van der Waals surface area contributed by atoms with Crippen LogP contribution in [0.3, 0.4) is 0 Å². The lowest BCUT2D eigenvalue weighted by Crippen LogP contribution is -2.33. The molecule has 0 aliphatic rings. The Balaban J connectivity index is 2.23. The predicted octanol–water partition coefficient (Wildman–Crippen LogP) is 4.54. The quantitative estimate of drug-likeness (QED) is 0.610. The molecule has 1 amide bonds. The Labute approximate surface area is 174 Å². The molecule has 2 aromatic carbocycles. The molecule has 0 saturated carbocycles. The number of amides is 1. The molecule has 6 nitrogen and oxygen atoms in total. The molecule has 0 N–H and O–H groups in total. The summed E-state index contributed by atoms with van der Waals surface area (Å²) in [5.41, 5.74) is 3.64. The molecule has 1 heterocycles. The third-order valence-electron chi connectivity index (χ3n) is 4.73. The van der Waals surface area contributed by atoms with Crippen LogP contribution in [0.25, 0.3) is 5.69 Å². The molecule has 1 aromatic heterocycles. The molecule has 0 aliphatic carbocycles. The molecule has 1 atom stereocenters. The summed E-state index contributed by atoms with van der Waals surface area (Å²) in [7, 11) is 1.73. The van der Waals surface area contributed by atoms with Crippen molar-refractivity contribution in [2.75, 3.05) is 7.05 Å². The summed E-state index contributed by atoms with van der Waals surface area (Å²) in [5, 5.41) is 13.4. The molecule has 8 heteroatoms. The van der Waals surface area contributed by atoms with E-state index in [1.165, 1.54) is 0 Å². The number of aromatic nitrogens is 4. The number of benzene rings is 2. The number of hydrogen-bond donors (Lipinski definition) is 0. The van der Waals surface area contributed by atoms with E-state index in [9.17, 15) is 4.79 Å². The normalized spacial score (nSPS) is 12.1. The predicted molar refractivity (Wildman–Crippen MR) is 110 cm³/mol. The Morgan fingerprint density at radius 3 is 2.46 bits per heavy atom. The average Bonchev–Trinajstić information content (AvgIpc) is 3.11. The van der Waals surface area contributed by atoms with Crippen molar-refractivity contribution in [3.05, 3.63) is 69.0 Å². The van der Waals surface area contributed by atoms with Crippen LogP contribution in [0.4, 0.5) is 0 Å². The molecule has 0 aliphatic heterocycles. The van der Waals surface area contributed by atoms with Gasteiger partial charge >= 0.3 is 0 Å². The van der Waals surface area contributed by atoms with E-state index in [0.717, 1.165) is 16.8 Å². The number of carbonyl (C=O) groups is 1. The minimum absolute atomic E-state index is 0.0490. The number of rotatable bonds is 5. The van der Waals surface area contributed by atoms with E-state index in [1.807, 2.05) is 39.0 Å². The number of aryl methyl sites for hydroxylation is 2. The van der Waals surface area contributed by atoms with Gasteiger partial charge in [-0.3, -0.25) is 4.79 Å². The monoisotopic (exact) mass is 417 g/mol. The highest BCUT2D eigenvalue weighted by Gasteiger charge is 2.31. The average molecular weight is 418 g/mol. The third-order valence-corrected chi connectivity index (χ3v) is 5.29. The van der Waals surface area contributed by atoms with Crippen LogP contribution in [-0.4, -0.2) is 38.1 Å². The fourth-order valence-electron chi connectivity index (χ4n) is 3.30. The van der Waals surface area contributed by atoms with Crippen molar-refractivity contribution >= 4 is 29.1 Å². The number of nitrogens with zero attached hydrogens (tertiary/aromatic N) is 5. The van der Waals surface area contributed by atoms with Crippen molar-refractivity contribution < 1.29 is 4.79 Å². The summed E-state index contributed by atoms with van der Waals surface area (Å²) in [5.74, 6) is 0.456. The zero-order valence-electron chi connectivity index (χ0n) is 16.1. The van der Waals surface area contributed by atoms with E-state index >= 15 is 0 Å². The van der Waals surface area contributed by atoms with Gasteiger partial charge in [0.05, 0.1) is 5.69 Å². The first-order valence-electron chi connectivity index (χ1n) is 8.90. The molecule has 0 unspecified atom stereocenters. The minimum Gasteiger partial charge on any atom is -0.331 e. The number of hydrogen-bond acceptors (Lipinski definition) is 4. The largest absolute Gasteiger partial charge is 0.331 e. The highest BCUT2D eigenvalue weighted by molar-refractivity contribution is 6.35. The van der Waals surface area contributed by atoms with Gasteiger partial charge in [-0.1, -0.05) is 54.4 Å². The maximum atomic E-state index is 12.6. The molecule has 146 valence electrons. The molecular weight excluding hydrogens is 397 g/mol. The van der Waals surface area contributed by atoms with E-state index in [-0.39, 0.29) is 5.91 Å². The molecule has 0 fully saturated rings. The molecule has 0 spiro atoms. The highest BCUT2D eigenvalue weighted by Crippen LogP contribution is 2.34. The van der Waals surface area contributed by atoms with Crippen molar-refractivity contribution in [3.8, 4) is 5.69 Å². The lowest BCUT2D eigenvalue weighted by Gasteiger charge is -2.28. The molecule has 0 bridgehead atoms. The van der Waals surface area contributed by atoms with Gasteiger partial charge in [0.15, 0.2) is 5.82 Å². The van der Waals surface area contributed by atoms with Crippen molar-refractivity contribution in [2.45, 2.75) is 33.2 Å². The Bertz CT molecular complexity index is 997. The second-order valence-corrected chi connectivity index (χ2v) is 7.46. The first-order valence-corrected chi connectivity index (χ1v) is 9.66. The molecule has 28 heavy (non-hydrogen) atoms. The van der Waals surface area contributed by atoms with Gasteiger partial charge in [0, 0.05) is 29.1 Å². The Morgan fingerprint density at radius 2 is 1.86 bits per heavy atom. The van der Waals surface area contributed by atoms with E-state index < -0.39 is 6.04 Å². The van der Waals surface area contributed by atoms with Crippen LogP contribution in [0.5, 0.6) is 0 Å². The van der Waals surface area contributed by atoms with Gasteiger partial charge in [0.1, 0.15) is 6.04 Å². The van der Waals surface area contributed by atoms with Crippen LogP contribution in [0.15, 0.2) is 36.4 Å². The van der Waals surface area contributed by atoms with E-state index in [1.54, 1.807) is 34.8 Å². The Hall–Kier alpha value is -2.44. The molecule has 0 radical (unpaired) electrons. The number of carbonyl (C=O) groups excluding carboxylic acids is 1. The lowest BCUT2D eigenvalue weighted by atomic mass is 10.0. The second kappa shape index (κ2) is 8.29. The van der Waals surface area contributed by atoms with Gasteiger partial charge in [0.25, 0.3) is 0 Å². The van der Waals surface area contributed by atoms with Gasteiger partial charge in [-0.2, -0.15) is 4.68 Å². The minimum atomic E-state index is -0.564. The van der Waals surface area contributed by atoms with Crippen molar-refractivity contribution in [2.24, 2.45) is 0 Å². The molecular formula is C20H21Cl2N5O. The Morgan fingerprint density at radius 1 is 1.18 bits per heavy atom. The van der Waals surface area contributed by atoms with Gasteiger partial charge in [-0.05, 0) is 47.5 Å². The van der Waals surface area contributed by atoms with Crippen molar-refractivity contribution in [3.63, 3.8) is 0 Å². The summed E-state index contributed by atoms with van der Waals surface area (Å²) in [4.78, 5) is 14.2. The van der Waals surface area contributed by atoms with E-state index in [4.69, 9.17) is 23.2 Å². The summed E-state index contributed by atoms with van der Waals surface area (Å²) in [6, 6.07) is 10.6. The van der Waals surface area contributed by atoms with Crippen LogP contribution in [0.2, 0.25) is 10.0 Å². The molecule has 0 saturated heterocycles. The maximum absolute atomic E-state index is 12.6. The summed E-state index contributed by atoms with van der Waals surface area (Å²) >= 11 is 12.6. The van der Waals surface area contributed by atoms with Gasteiger partial charge in [-0.25, -0.2) is 0 Å². The summed E-state index contributed by atoms with van der Waals surface area (Å²) in [6.45, 7) is 5.81. The van der Waals surface area contributed by atoms with Gasteiger partial charge < -0.3 is 4.90 Å². The number of tetrazole rings is 1. The standard InChI is InChI=1S/C20H21Cl2N5O/c1-5-17(28)26(4)19(15-10-9-14(21)11-16(15)22)20-23-24-25-27(20)18-12(2)7-6-8-13(18)3/h6-11,19H,5H2,1-4H3/t19-/m0/s1. The van der Waals surface area contributed by atoms with Crippen molar-refractivity contribution in [1.29, 1.82) is 0 Å². The first-order chi connectivity index (χ1) is 13.3. The van der Waals surface area contributed by atoms with Crippen LogP contribution < -0.4 is 0 Å². The highest BCUT2D eigenvalue weighted by atomic mass is 35.5. The Kier molecular flexibility index (Phi) is 6.01. The summed E-state index contributed by atoms with van der Waals surface area (Å²) in [6.07, 6.45) is 0.350. The van der Waals surface area contributed by atoms with E-state index in [2.05, 4.69) is 15.5 Å². The zero-order chi connectivity index (χ0) is 20.4. The molecule has 3 aromatic rings. The van der Waals surface area contributed by atoms with Crippen LogP contribution in [-0.2, 0) is 4.79 Å². The first kappa shape index (κ1) is 20.3. The molecule has 3 rings (SSSR count). The zero-order valence-corrected chi connectivity index (χ0v) is 17.7. The lowest BCUT2D eigenvalue weighted by molar-refractivity contribution is -0.131. The van der Waals surface area contributed by atoms with Gasteiger partial charge in [0.2, 0.25) is 5.91 Å². The third kappa shape index (κ3) is 3.75.